The van der Waals surface area contributed by atoms with Crippen LogP contribution in [0.2, 0.25) is 0 Å². The summed E-state index contributed by atoms with van der Waals surface area (Å²) in [5.41, 5.74) is 8.68. The van der Waals surface area contributed by atoms with Crippen LogP contribution in [0.15, 0.2) is 24.2 Å². The molecule has 2 N–H and O–H groups in total. The van der Waals surface area contributed by atoms with Crippen LogP contribution in [0.1, 0.15) is 44.2 Å². The zero-order valence-electron chi connectivity index (χ0n) is 13.5. The predicted molar refractivity (Wildman–Crippen MR) is 86.2 cm³/mol. The number of amides is 1. The van der Waals surface area contributed by atoms with Gasteiger partial charge in [-0.3, -0.25) is 4.79 Å². The predicted octanol–water partition coefficient (Wildman–Crippen LogP) is 1.81. The van der Waals surface area contributed by atoms with Crippen molar-refractivity contribution in [2.45, 2.75) is 44.6 Å². The van der Waals surface area contributed by atoms with Gasteiger partial charge in [-0.15, -0.1) is 0 Å². The van der Waals surface area contributed by atoms with Crippen LogP contribution in [0, 0.1) is 5.92 Å². The fraction of sp³-hybridized carbons (Fsp3) is 0.647. The molecule has 1 aromatic heterocycles. The summed E-state index contributed by atoms with van der Waals surface area (Å²) in [6.45, 7) is 3.62. The number of hydrogen-bond acceptors (Lipinski definition) is 3. The van der Waals surface area contributed by atoms with E-state index in [1.807, 2.05) is 28.8 Å². The third-order valence-electron chi connectivity index (χ3n) is 5.15. The number of hydrogen-bond donors (Lipinski definition) is 1. The van der Waals surface area contributed by atoms with Crippen molar-refractivity contribution in [3.8, 4) is 0 Å². The lowest BCUT2D eigenvalue weighted by molar-refractivity contribution is -0.125. The number of nitrogens with zero attached hydrogens (tertiary/aromatic N) is 3. The molecule has 3 rings (SSSR count). The van der Waals surface area contributed by atoms with Crippen molar-refractivity contribution in [2.75, 3.05) is 13.1 Å². The Morgan fingerprint density at radius 1 is 1.36 bits per heavy atom. The van der Waals surface area contributed by atoms with E-state index in [2.05, 4.69) is 11.9 Å². The highest BCUT2D eigenvalue weighted by Crippen LogP contribution is 2.29. The summed E-state index contributed by atoms with van der Waals surface area (Å²) < 4.78 is 2.00. The first-order valence-electron chi connectivity index (χ1n) is 8.24. The molecule has 5 nitrogen and oxygen atoms in total. The van der Waals surface area contributed by atoms with Crippen molar-refractivity contribution in [1.82, 2.24) is 14.5 Å². The lowest BCUT2D eigenvalue weighted by atomic mass is 9.87. The van der Waals surface area contributed by atoms with Crippen LogP contribution in [-0.2, 0) is 11.8 Å². The van der Waals surface area contributed by atoms with Gasteiger partial charge in [0.25, 0.3) is 0 Å². The first kappa shape index (κ1) is 15.3. The Balaban J connectivity index is 1.65. The van der Waals surface area contributed by atoms with Gasteiger partial charge in [0, 0.05) is 50.1 Å². The van der Waals surface area contributed by atoms with Crippen LogP contribution < -0.4 is 5.73 Å². The van der Waals surface area contributed by atoms with E-state index in [4.69, 9.17) is 5.73 Å². The number of allylic oxidation sites excluding steroid dienone is 1. The average Bonchev–Trinajstić information content (AvgIpc) is 3.07. The molecule has 1 amide bonds. The highest BCUT2D eigenvalue weighted by molar-refractivity contribution is 5.88. The molecular weight excluding hydrogens is 276 g/mol. The Hall–Kier alpha value is -1.62. The van der Waals surface area contributed by atoms with Crippen molar-refractivity contribution in [2.24, 2.45) is 18.7 Å². The van der Waals surface area contributed by atoms with Crippen molar-refractivity contribution in [1.29, 1.82) is 0 Å². The van der Waals surface area contributed by atoms with E-state index < -0.39 is 0 Å². The number of imidazole rings is 1. The van der Waals surface area contributed by atoms with E-state index in [1.54, 1.807) is 6.33 Å². The van der Waals surface area contributed by atoms with Crippen LogP contribution >= 0.6 is 0 Å². The summed E-state index contributed by atoms with van der Waals surface area (Å²) in [5.74, 6) is 1.10. The quantitative estimate of drug-likeness (QED) is 0.847. The first-order chi connectivity index (χ1) is 10.5. The molecule has 1 saturated carbocycles. The van der Waals surface area contributed by atoms with Gasteiger partial charge >= 0.3 is 0 Å². The Morgan fingerprint density at radius 3 is 2.73 bits per heavy atom. The van der Waals surface area contributed by atoms with Gasteiger partial charge in [0.1, 0.15) is 0 Å². The molecular formula is C17H26N4O. The standard InChI is InChI=1S/C17H26N4O/c1-12-3-5-13(6-4-12)7-17(22)21-9-14(15(18)10-21)16-8-19-11-20(16)2/h7-8,11-12,14-15H,3-6,9-10,18H2,1-2H3/t12?,14-,15-/m1/s1. The van der Waals surface area contributed by atoms with E-state index >= 15 is 0 Å². The Morgan fingerprint density at radius 2 is 2.09 bits per heavy atom. The molecule has 0 radical (unpaired) electrons. The van der Waals surface area contributed by atoms with Crippen LogP contribution in [0.3, 0.4) is 0 Å². The zero-order chi connectivity index (χ0) is 15.7. The van der Waals surface area contributed by atoms with Gasteiger partial charge in [-0.25, -0.2) is 4.98 Å². The molecule has 0 bridgehead atoms. The SMILES string of the molecule is CC1CCC(=CC(=O)N2C[C@@H](N)[C@H](c3cncn3C)C2)CC1. The Kier molecular flexibility index (Phi) is 4.34. The maximum absolute atomic E-state index is 12.5. The molecule has 1 aliphatic heterocycles. The van der Waals surface area contributed by atoms with E-state index in [0.29, 0.717) is 13.1 Å². The third kappa shape index (κ3) is 3.09. The fourth-order valence-corrected chi connectivity index (χ4v) is 3.59. The lowest BCUT2D eigenvalue weighted by Crippen LogP contribution is -2.31. The molecule has 0 aromatic carbocycles. The maximum atomic E-state index is 12.5. The second-order valence-electron chi connectivity index (χ2n) is 6.93. The second kappa shape index (κ2) is 6.24. The minimum atomic E-state index is -0.0101. The van der Waals surface area contributed by atoms with Crippen molar-refractivity contribution in [3.63, 3.8) is 0 Å². The third-order valence-corrected chi connectivity index (χ3v) is 5.15. The molecule has 5 heteroatoms. The molecule has 2 fully saturated rings. The van der Waals surface area contributed by atoms with Gasteiger partial charge in [0.15, 0.2) is 0 Å². The number of carbonyl (C=O) groups excluding carboxylic acids is 1. The van der Waals surface area contributed by atoms with Crippen LogP contribution in [0.4, 0.5) is 0 Å². The molecule has 1 aromatic rings. The minimum Gasteiger partial charge on any atom is -0.337 e. The molecule has 22 heavy (non-hydrogen) atoms. The zero-order valence-corrected chi connectivity index (χ0v) is 13.5. The summed E-state index contributed by atoms with van der Waals surface area (Å²) in [4.78, 5) is 18.6. The van der Waals surface area contributed by atoms with E-state index in [0.717, 1.165) is 24.5 Å². The highest BCUT2D eigenvalue weighted by atomic mass is 16.2. The smallest absolute Gasteiger partial charge is 0.246 e. The van der Waals surface area contributed by atoms with Gasteiger partial charge in [0.2, 0.25) is 5.91 Å². The fourth-order valence-electron chi connectivity index (χ4n) is 3.59. The molecule has 2 aliphatic rings. The van der Waals surface area contributed by atoms with Gasteiger partial charge in [-0.2, -0.15) is 0 Å². The summed E-state index contributed by atoms with van der Waals surface area (Å²) >= 11 is 0. The van der Waals surface area contributed by atoms with Crippen LogP contribution in [0.5, 0.6) is 0 Å². The first-order valence-corrected chi connectivity index (χ1v) is 8.24. The number of aromatic nitrogens is 2. The number of likely N-dealkylation sites (tertiary alicyclic amines) is 1. The monoisotopic (exact) mass is 302 g/mol. The largest absolute Gasteiger partial charge is 0.337 e. The number of rotatable bonds is 2. The van der Waals surface area contributed by atoms with Crippen molar-refractivity contribution >= 4 is 5.91 Å². The summed E-state index contributed by atoms with van der Waals surface area (Å²) in [7, 11) is 1.98. The molecule has 0 unspecified atom stereocenters. The van der Waals surface area contributed by atoms with Gasteiger partial charge < -0.3 is 15.2 Å². The van der Waals surface area contributed by atoms with Crippen molar-refractivity contribution < 1.29 is 4.79 Å². The Bertz CT molecular complexity index is 567. The van der Waals surface area contributed by atoms with Crippen LogP contribution in [0.25, 0.3) is 0 Å². The maximum Gasteiger partial charge on any atom is 0.246 e. The highest BCUT2D eigenvalue weighted by Gasteiger charge is 2.34. The average molecular weight is 302 g/mol. The van der Waals surface area contributed by atoms with Crippen molar-refractivity contribution in [3.05, 3.63) is 29.9 Å². The van der Waals surface area contributed by atoms with Gasteiger partial charge in [-0.05, 0) is 31.6 Å². The second-order valence-corrected chi connectivity index (χ2v) is 6.93. The van der Waals surface area contributed by atoms with E-state index in [9.17, 15) is 4.79 Å². The molecule has 1 aliphatic carbocycles. The summed E-state index contributed by atoms with van der Waals surface area (Å²) in [6, 6.07) is -0.0101. The molecule has 0 spiro atoms. The molecule has 120 valence electrons. The molecule has 2 atom stereocenters. The minimum absolute atomic E-state index is 0.0101. The summed E-state index contributed by atoms with van der Waals surface area (Å²) in [6.07, 6.45) is 10.1. The lowest BCUT2D eigenvalue weighted by Gasteiger charge is -2.21. The van der Waals surface area contributed by atoms with E-state index in [1.165, 1.54) is 18.4 Å². The van der Waals surface area contributed by atoms with Gasteiger partial charge in [-0.1, -0.05) is 12.5 Å². The Labute approximate surface area is 132 Å². The number of carbonyl (C=O) groups is 1. The van der Waals surface area contributed by atoms with Crippen LogP contribution in [-0.4, -0.2) is 39.5 Å². The molecule has 2 heterocycles. The van der Waals surface area contributed by atoms with E-state index in [-0.39, 0.29) is 17.9 Å². The topological polar surface area (TPSA) is 64.2 Å². The normalized spacial score (nSPS) is 29.0. The summed E-state index contributed by atoms with van der Waals surface area (Å²) in [5, 5.41) is 0. The van der Waals surface area contributed by atoms with Gasteiger partial charge in [0.05, 0.1) is 6.33 Å². The molecule has 1 saturated heterocycles. The number of aryl methyl sites for hydroxylation is 1. The number of nitrogens with two attached hydrogens (primary N) is 1.